The van der Waals surface area contributed by atoms with Crippen molar-refractivity contribution in [2.45, 2.75) is 0 Å². The summed E-state index contributed by atoms with van der Waals surface area (Å²) in [5.41, 5.74) is 0. The molecule has 0 aliphatic carbocycles. The highest BCUT2D eigenvalue weighted by molar-refractivity contribution is 6.32. The van der Waals surface area contributed by atoms with Gasteiger partial charge >= 0.3 is 0 Å². The molecule has 1 aromatic rings. The van der Waals surface area contributed by atoms with Crippen LogP contribution in [-0.2, 0) is 4.79 Å². The topological polar surface area (TPSA) is 33.2 Å². The number of anilines is 1. The number of hydrogen-bond donors (Lipinski definition) is 0. The fraction of sp³-hybridized carbons (Fsp3) is 0. The van der Waals surface area contributed by atoms with Crippen molar-refractivity contribution >= 4 is 24.0 Å². The molecule has 0 fully saturated rings. The number of rotatable bonds is 2. The molecule has 0 aliphatic heterocycles. The Morgan fingerprint density at radius 2 is 2.40 bits per heavy atom. The molecular formula is C6H5ClN2O. The third-order valence-electron chi connectivity index (χ3n) is 0.961. The normalized spacial score (nSPS) is 8.90. The Hall–Kier alpha value is -1.09. The molecule has 3 nitrogen and oxygen atoms in total. The van der Waals surface area contributed by atoms with E-state index in [0.29, 0.717) is 12.2 Å². The van der Waals surface area contributed by atoms with Crippen LogP contribution in [0.25, 0.3) is 0 Å². The van der Waals surface area contributed by atoms with Gasteiger partial charge in [0.05, 0.1) is 0 Å². The van der Waals surface area contributed by atoms with E-state index in [2.05, 4.69) is 4.98 Å². The number of carbonyl (C=O) groups is 1. The highest BCUT2D eigenvalue weighted by atomic mass is 35.5. The van der Waals surface area contributed by atoms with E-state index in [1.54, 1.807) is 24.4 Å². The number of nitrogens with zero attached hydrogens (tertiary/aromatic N) is 2. The second-order valence-electron chi connectivity index (χ2n) is 1.60. The Morgan fingerprint density at radius 1 is 1.60 bits per heavy atom. The van der Waals surface area contributed by atoms with E-state index < -0.39 is 0 Å². The lowest BCUT2D eigenvalue weighted by atomic mass is 10.5. The fourth-order valence-corrected chi connectivity index (χ4v) is 0.634. The van der Waals surface area contributed by atoms with Crippen LogP contribution in [0.2, 0.25) is 0 Å². The van der Waals surface area contributed by atoms with Gasteiger partial charge in [-0.25, -0.2) is 9.40 Å². The zero-order chi connectivity index (χ0) is 7.40. The van der Waals surface area contributed by atoms with E-state index >= 15 is 0 Å². The lowest BCUT2D eigenvalue weighted by molar-refractivity contribution is -0.106. The molecule has 1 amide bonds. The number of pyridine rings is 1. The molecule has 0 atom stereocenters. The third kappa shape index (κ3) is 1.45. The van der Waals surface area contributed by atoms with Gasteiger partial charge < -0.3 is 0 Å². The number of halogens is 1. The molecule has 0 spiro atoms. The van der Waals surface area contributed by atoms with E-state index in [9.17, 15) is 4.79 Å². The van der Waals surface area contributed by atoms with Gasteiger partial charge in [0.2, 0.25) is 6.41 Å². The van der Waals surface area contributed by atoms with Crippen LogP contribution in [0.5, 0.6) is 0 Å². The van der Waals surface area contributed by atoms with Crippen molar-refractivity contribution in [3.63, 3.8) is 0 Å². The van der Waals surface area contributed by atoms with Crippen molar-refractivity contribution in [3.8, 4) is 0 Å². The molecular weight excluding hydrogens is 152 g/mol. The Labute approximate surface area is 63.4 Å². The van der Waals surface area contributed by atoms with E-state index in [0.717, 1.165) is 4.42 Å². The minimum Gasteiger partial charge on any atom is -0.277 e. The first-order chi connectivity index (χ1) is 4.84. The molecule has 0 unspecified atom stereocenters. The molecule has 10 heavy (non-hydrogen) atoms. The number of amides is 1. The van der Waals surface area contributed by atoms with Gasteiger partial charge in [-0.05, 0) is 12.1 Å². The number of carbonyl (C=O) groups excluding carboxylic acids is 1. The molecule has 4 heteroatoms. The maximum atomic E-state index is 10.1. The SMILES string of the molecule is O=CN(Cl)c1ccccn1. The standard InChI is InChI=1S/C6H5ClN2O/c7-9(5-10)6-3-1-2-4-8-6/h1-5H. The average Bonchev–Trinajstić information content (AvgIpc) is 2.05. The predicted molar refractivity (Wildman–Crippen MR) is 38.6 cm³/mol. The van der Waals surface area contributed by atoms with Crippen LogP contribution >= 0.6 is 11.8 Å². The summed E-state index contributed by atoms with van der Waals surface area (Å²) in [6.45, 7) is 0. The molecule has 0 saturated carbocycles. The first-order valence-electron chi connectivity index (χ1n) is 2.66. The second kappa shape index (κ2) is 3.17. The number of aromatic nitrogens is 1. The Balaban J connectivity index is 2.84. The fourth-order valence-electron chi connectivity index (χ4n) is 0.534. The van der Waals surface area contributed by atoms with Crippen LogP contribution in [0.3, 0.4) is 0 Å². The molecule has 0 saturated heterocycles. The molecule has 0 N–H and O–H groups in total. The molecule has 0 aliphatic rings. The van der Waals surface area contributed by atoms with Crippen LogP contribution in [0.1, 0.15) is 0 Å². The Bertz CT molecular complexity index is 214. The summed E-state index contributed by atoms with van der Waals surface area (Å²) in [6, 6.07) is 5.14. The minimum atomic E-state index is 0.430. The Morgan fingerprint density at radius 3 is 2.90 bits per heavy atom. The van der Waals surface area contributed by atoms with E-state index in [1.165, 1.54) is 0 Å². The van der Waals surface area contributed by atoms with Gasteiger partial charge in [0, 0.05) is 18.0 Å². The summed E-state index contributed by atoms with van der Waals surface area (Å²) in [4.78, 5) is 13.9. The summed E-state index contributed by atoms with van der Waals surface area (Å²) in [7, 11) is 0. The second-order valence-corrected chi connectivity index (χ2v) is 1.97. The first-order valence-corrected chi connectivity index (χ1v) is 3.00. The summed E-state index contributed by atoms with van der Waals surface area (Å²) in [5.74, 6) is 0.430. The highest BCUT2D eigenvalue weighted by Crippen LogP contribution is 2.07. The van der Waals surface area contributed by atoms with Gasteiger partial charge in [0.25, 0.3) is 0 Å². The van der Waals surface area contributed by atoms with Crippen LogP contribution in [0.15, 0.2) is 24.4 Å². The zero-order valence-electron chi connectivity index (χ0n) is 5.07. The van der Waals surface area contributed by atoms with Gasteiger partial charge in [0.1, 0.15) is 5.82 Å². The van der Waals surface area contributed by atoms with Crippen molar-refractivity contribution < 1.29 is 4.79 Å². The molecule has 1 rings (SSSR count). The van der Waals surface area contributed by atoms with Crippen LogP contribution in [0.4, 0.5) is 5.82 Å². The molecule has 0 aromatic carbocycles. The summed E-state index contributed by atoms with van der Waals surface area (Å²) < 4.78 is 0.889. The maximum absolute atomic E-state index is 10.1. The van der Waals surface area contributed by atoms with Gasteiger partial charge in [0.15, 0.2) is 0 Å². The highest BCUT2D eigenvalue weighted by Gasteiger charge is 1.98. The summed E-state index contributed by atoms with van der Waals surface area (Å²) in [5, 5.41) is 0. The van der Waals surface area contributed by atoms with E-state index in [4.69, 9.17) is 11.8 Å². The smallest absolute Gasteiger partial charge is 0.230 e. The van der Waals surface area contributed by atoms with Gasteiger partial charge in [-0.3, -0.25) is 4.79 Å². The zero-order valence-corrected chi connectivity index (χ0v) is 5.82. The summed E-state index contributed by atoms with van der Waals surface area (Å²) >= 11 is 5.39. The Kier molecular flexibility index (Phi) is 2.23. The summed E-state index contributed by atoms with van der Waals surface area (Å²) in [6.07, 6.45) is 2.05. The van der Waals surface area contributed by atoms with Crippen molar-refractivity contribution in [1.82, 2.24) is 4.98 Å². The van der Waals surface area contributed by atoms with E-state index in [1.807, 2.05) is 0 Å². The largest absolute Gasteiger partial charge is 0.277 e. The molecule has 0 radical (unpaired) electrons. The molecule has 52 valence electrons. The third-order valence-corrected chi connectivity index (χ3v) is 1.21. The van der Waals surface area contributed by atoms with Gasteiger partial charge in [-0.2, -0.15) is 0 Å². The number of hydrogen-bond acceptors (Lipinski definition) is 2. The van der Waals surface area contributed by atoms with Crippen molar-refractivity contribution in [2.24, 2.45) is 0 Å². The average molecular weight is 157 g/mol. The molecule has 0 bridgehead atoms. The van der Waals surface area contributed by atoms with Crippen molar-refractivity contribution in [1.29, 1.82) is 0 Å². The lowest BCUT2D eigenvalue weighted by Crippen LogP contribution is -2.06. The van der Waals surface area contributed by atoms with Crippen molar-refractivity contribution in [3.05, 3.63) is 24.4 Å². The minimum absolute atomic E-state index is 0.430. The lowest BCUT2D eigenvalue weighted by Gasteiger charge is -2.02. The predicted octanol–water partition coefficient (Wildman–Crippen LogP) is 1.20. The van der Waals surface area contributed by atoms with E-state index in [-0.39, 0.29) is 0 Å². The van der Waals surface area contributed by atoms with Gasteiger partial charge in [-0.1, -0.05) is 6.07 Å². The quantitative estimate of drug-likeness (QED) is 0.476. The maximum Gasteiger partial charge on any atom is 0.230 e. The monoisotopic (exact) mass is 156 g/mol. The van der Waals surface area contributed by atoms with Gasteiger partial charge in [-0.15, -0.1) is 0 Å². The first kappa shape index (κ1) is 7.02. The molecule has 1 aromatic heterocycles. The van der Waals surface area contributed by atoms with Crippen LogP contribution in [0, 0.1) is 0 Å². The van der Waals surface area contributed by atoms with Crippen LogP contribution in [-0.4, -0.2) is 11.4 Å². The van der Waals surface area contributed by atoms with Crippen molar-refractivity contribution in [2.75, 3.05) is 4.42 Å². The van der Waals surface area contributed by atoms with Crippen LogP contribution < -0.4 is 4.42 Å². The molecule has 1 heterocycles.